The van der Waals surface area contributed by atoms with E-state index in [1.54, 1.807) is 0 Å². The highest BCUT2D eigenvalue weighted by Crippen LogP contribution is 2.28. The topological polar surface area (TPSA) is 43.1 Å². The van der Waals surface area contributed by atoms with Crippen LogP contribution in [0.2, 0.25) is 0 Å². The molecular weight excluding hydrogens is 206 g/mol. The zero-order valence-corrected chi connectivity index (χ0v) is 6.78. The van der Waals surface area contributed by atoms with E-state index in [1.165, 1.54) is 0 Å². The van der Waals surface area contributed by atoms with Crippen molar-refractivity contribution in [1.82, 2.24) is 0 Å². The predicted molar refractivity (Wildman–Crippen MR) is 37.7 cm³/mol. The lowest BCUT2D eigenvalue weighted by Gasteiger charge is -2.02. The number of nitro groups is 1. The summed E-state index contributed by atoms with van der Waals surface area (Å²) in [5, 5.41) is 10.1. The van der Waals surface area contributed by atoms with Crippen molar-refractivity contribution < 1.29 is 22.5 Å². The Balaban J connectivity index is 3.68. The standard InChI is InChI=1S/C7H3F4NO2/c1-2-3(8)5(10)7(12(13)14)6(11)4(2)9/h1H3. The van der Waals surface area contributed by atoms with Crippen LogP contribution in [0.25, 0.3) is 0 Å². The SMILES string of the molecule is Cc1c(F)c(F)c([N+](=O)[O-])c(F)c1F. The van der Waals surface area contributed by atoms with Crippen LogP contribution in [0.5, 0.6) is 0 Å². The number of benzene rings is 1. The fourth-order valence-electron chi connectivity index (χ4n) is 0.890. The molecule has 14 heavy (non-hydrogen) atoms. The first kappa shape index (κ1) is 10.4. The second kappa shape index (κ2) is 3.24. The van der Waals surface area contributed by atoms with Gasteiger partial charge in [-0.15, -0.1) is 0 Å². The maximum Gasteiger partial charge on any atom is 0.346 e. The van der Waals surface area contributed by atoms with Gasteiger partial charge in [0.2, 0.25) is 11.6 Å². The van der Waals surface area contributed by atoms with Crippen molar-refractivity contribution in [1.29, 1.82) is 0 Å². The number of hydrogen-bond donors (Lipinski definition) is 0. The maximum absolute atomic E-state index is 12.7. The second-order valence-corrected chi connectivity index (χ2v) is 2.49. The Labute approximate surface area is 75.1 Å². The molecule has 0 saturated carbocycles. The third-order valence-corrected chi connectivity index (χ3v) is 1.64. The normalized spacial score (nSPS) is 10.4. The molecular formula is C7H3F4NO2. The Hall–Kier alpha value is -1.66. The third kappa shape index (κ3) is 1.30. The number of nitrogens with zero attached hydrogens (tertiary/aromatic N) is 1. The van der Waals surface area contributed by atoms with Crippen LogP contribution >= 0.6 is 0 Å². The molecule has 0 N–H and O–H groups in total. The highest BCUT2D eigenvalue weighted by Gasteiger charge is 2.31. The molecule has 0 aliphatic heterocycles. The van der Waals surface area contributed by atoms with Crippen LogP contribution in [-0.4, -0.2) is 4.92 Å². The van der Waals surface area contributed by atoms with Gasteiger partial charge in [-0.05, 0) is 6.92 Å². The number of rotatable bonds is 1. The Morgan fingerprint density at radius 2 is 1.36 bits per heavy atom. The van der Waals surface area contributed by atoms with E-state index in [9.17, 15) is 27.7 Å². The molecule has 0 atom stereocenters. The molecule has 0 aromatic heterocycles. The molecule has 3 nitrogen and oxygen atoms in total. The van der Waals surface area contributed by atoms with Crippen molar-refractivity contribution in [2.24, 2.45) is 0 Å². The number of nitro benzene ring substituents is 1. The third-order valence-electron chi connectivity index (χ3n) is 1.64. The zero-order chi connectivity index (χ0) is 11.0. The molecule has 0 aliphatic carbocycles. The molecule has 1 rings (SSSR count). The summed E-state index contributed by atoms with van der Waals surface area (Å²) >= 11 is 0. The first-order chi connectivity index (χ1) is 6.37. The van der Waals surface area contributed by atoms with Crippen LogP contribution in [0, 0.1) is 40.3 Å². The molecule has 0 radical (unpaired) electrons. The highest BCUT2D eigenvalue weighted by atomic mass is 19.2. The van der Waals surface area contributed by atoms with Gasteiger partial charge in [0.1, 0.15) is 0 Å². The van der Waals surface area contributed by atoms with Gasteiger partial charge in [0.15, 0.2) is 11.6 Å². The van der Waals surface area contributed by atoms with Crippen molar-refractivity contribution in [2.45, 2.75) is 6.92 Å². The highest BCUT2D eigenvalue weighted by molar-refractivity contribution is 5.38. The van der Waals surface area contributed by atoms with Crippen LogP contribution in [-0.2, 0) is 0 Å². The lowest BCUT2D eigenvalue weighted by molar-refractivity contribution is -0.390. The van der Waals surface area contributed by atoms with Crippen LogP contribution in [0.3, 0.4) is 0 Å². The first-order valence-corrected chi connectivity index (χ1v) is 3.34. The lowest BCUT2D eigenvalue weighted by atomic mass is 10.2. The van der Waals surface area contributed by atoms with Crippen LogP contribution < -0.4 is 0 Å². The van der Waals surface area contributed by atoms with E-state index < -0.39 is 39.4 Å². The van der Waals surface area contributed by atoms with E-state index in [0.717, 1.165) is 6.92 Å². The predicted octanol–water partition coefficient (Wildman–Crippen LogP) is 2.46. The molecule has 1 aromatic rings. The molecule has 7 heteroatoms. The smallest absolute Gasteiger partial charge is 0.258 e. The molecule has 0 saturated heterocycles. The van der Waals surface area contributed by atoms with Crippen molar-refractivity contribution in [3.63, 3.8) is 0 Å². The van der Waals surface area contributed by atoms with Gasteiger partial charge in [-0.3, -0.25) is 10.1 Å². The summed E-state index contributed by atoms with van der Waals surface area (Å²) in [6.45, 7) is 0.778. The van der Waals surface area contributed by atoms with Gasteiger partial charge in [0, 0.05) is 5.56 Å². The van der Waals surface area contributed by atoms with E-state index in [-0.39, 0.29) is 0 Å². The fourth-order valence-corrected chi connectivity index (χ4v) is 0.890. The van der Waals surface area contributed by atoms with Gasteiger partial charge in [-0.25, -0.2) is 8.78 Å². The quantitative estimate of drug-likeness (QED) is 0.308. The Bertz CT molecular complexity index is 390. The minimum atomic E-state index is -1.99. The van der Waals surface area contributed by atoms with Gasteiger partial charge in [-0.1, -0.05) is 0 Å². The molecule has 1 aromatic carbocycles. The van der Waals surface area contributed by atoms with E-state index in [4.69, 9.17) is 0 Å². The van der Waals surface area contributed by atoms with Crippen LogP contribution in [0.15, 0.2) is 0 Å². The monoisotopic (exact) mass is 209 g/mol. The largest absolute Gasteiger partial charge is 0.346 e. The van der Waals surface area contributed by atoms with Gasteiger partial charge in [0.25, 0.3) is 0 Å². The average molecular weight is 209 g/mol. The molecule has 0 bridgehead atoms. The summed E-state index contributed by atoms with van der Waals surface area (Å²) in [6, 6.07) is 0. The van der Waals surface area contributed by atoms with Gasteiger partial charge >= 0.3 is 5.69 Å². The van der Waals surface area contributed by atoms with E-state index in [0.29, 0.717) is 0 Å². The summed E-state index contributed by atoms with van der Waals surface area (Å²) in [5.41, 5.74) is -2.74. The molecule has 76 valence electrons. The van der Waals surface area contributed by atoms with Crippen molar-refractivity contribution in [3.05, 3.63) is 38.9 Å². The Morgan fingerprint density at radius 1 is 1.00 bits per heavy atom. The van der Waals surface area contributed by atoms with E-state index in [2.05, 4.69) is 0 Å². The minimum Gasteiger partial charge on any atom is -0.258 e. The molecule has 0 unspecified atom stereocenters. The molecule has 0 aliphatic rings. The average Bonchev–Trinajstić information content (AvgIpc) is 2.11. The first-order valence-electron chi connectivity index (χ1n) is 3.34. The Kier molecular flexibility index (Phi) is 2.41. The summed E-state index contributed by atoms with van der Waals surface area (Å²) in [7, 11) is 0. The van der Waals surface area contributed by atoms with Gasteiger partial charge < -0.3 is 0 Å². The van der Waals surface area contributed by atoms with Crippen molar-refractivity contribution in [2.75, 3.05) is 0 Å². The van der Waals surface area contributed by atoms with Gasteiger partial charge in [-0.2, -0.15) is 8.78 Å². The maximum atomic E-state index is 12.7. The van der Waals surface area contributed by atoms with Crippen molar-refractivity contribution >= 4 is 5.69 Å². The molecule has 0 fully saturated rings. The second-order valence-electron chi connectivity index (χ2n) is 2.49. The molecule has 0 spiro atoms. The van der Waals surface area contributed by atoms with Gasteiger partial charge in [0.05, 0.1) is 4.92 Å². The fraction of sp³-hybridized carbons (Fsp3) is 0.143. The van der Waals surface area contributed by atoms with E-state index in [1.807, 2.05) is 0 Å². The lowest BCUT2D eigenvalue weighted by Crippen LogP contribution is -2.05. The molecule has 0 amide bonds. The minimum absolute atomic E-state index is 0.778. The van der Waals surface area contributed by atoms with Crippen molar-refractivity contribution in [3.8, 4) is 0 Å². The zero-order valence-electron chi connectivity index (χ0n) is 6.78. The van der Waals surface area contributed by atoms with Crippen LogP contribution in [0.4, 0.5) is 23.2 Å². The van der Waals surface area contributed by atoms with Crippen LogP contribution in [0.1, 0.15) is 5.56 Å². The number of hydrogen-bond acceptors (Lipinski definition) is 2. The summed E-state index contributed by atoms with van der Waals surface area (Å²) in [6.07, 6.45) is 0. The van der Waals surface area contributed by atoms with E-state index >= 15 is 0 Å². The molecule has 0 heterocycles. The number of halogens is 4. The summed E-state index contributed by atoms with van der Waals surface area (Å²) in [5.74, 6) is -7.50. The Morgan fingerprint density at radius 3 is 1.64 bits per heavy atom. The summed E-state index contributed by atoms with van der Waals surface area (Å²) in [4.78, 5) is 8.53. The summed E-state index contributed by atoms with van der Waals surface area (Å²) < 4.78 is 50.9.